The van der Waals surface area contributed by atoms with Crippen molar-refractivity contribution in [3.63, 3.8) is 0 Å². The molecule has 4 aromatic rings. The Labute approximate surface area is 170 Å². The molecule has 2 N–H and O–H groups in total. The standard InChI is InChI=1S/C21H17ClFN5O/c22-15-9-16-18(28-11-25-10-19(28)20(24)26-16)8-14(15)21(29)27-7-1-2-17(27)12-3-5-13(23)6-4-12/h3-6,8-11,17H,1-2,7H2,(H2,24,26). The van der Waals surface area contributed by atoms with Crippen LogP contribution in [0.25, 0.3) is 16.6 Å². The number of nitrogens with two attached hydrogens (primary N) is 1. The highest BCUT2D eigenvalue weighted by Gasteiger charge is 2.32. The number of hydrogen-bond acceptors (Lipinski definition) is 4. The molecular weight excluding hydrogens is 393 g/mol. The number of nitrogens with zero attached hydrogens (tertiary/aromatic N) is 4. The van der Waals surface area contributed by atoms with Gasteiger partial charge in [0.15, 0.2) is 0 Å². The lowest BCUT2D eigenvalue weighted by Crippen LogP contribution is -2.30. The maximum absolute atomic E-state index is 13.4. The van der Waals surface area contributed by atoms with Crippen molar-refractivity contribution in [3.05, 3.63) is 70.9 Å². The van der Waals surface area contributed by atoms with Gasteiger partial charge >= 0.3 is 0 Å². The molecular formula is C21H17ClFN5O. The van der Waals surface area contributed by atoms with Crippen LogP contribution in [-0.2, 0) is 0 Å². The number of imidazole rings is 1. The molecule has 5 rings (SSSR count). The number of rotatable bonds is 2. The molecule has 1 aliphatic heterocycles. The number of amides is 1. The summed E-state index contributed by atoms with van der Waals surface area (Å²) in [6, 6.07) is 9.60. The monoisotopic (exact) mass is 409 g/mol. The van der Waals surface area contributed by atoms with Crippen molar-refractivity contribution in [1.29, 1.82) is 0 Å². The van der Waals surface area contributed by atoms with E-state index in [0.29, 0.717) is 39.5 Å². The van der Waals surface area contributed by atoms with Crippen LogP contribution < -0.4 is 5.73 Å². The molecule has 8 heteroatoms. The summed E-state index contributed by atoms with van der Waals surface area (Å²) in [6.45, 7) is 0.621. The molecule has 3 heterocycles. The highest BCUT2D eigenvalue weighted by Crippen LogP contribution is 2.35. The minimum absolute atomic E-state index is 0.104. The van der Waals surface area contributed by atoms with Crippen LogP contribution in [0.4, 0.5) is 10.2 Å². The third kappa shape index (κ3) is 2.89. The fourth-order valence-electron chi connectivity index (χ4n) is 4.06. The number of anilines is 1. The predicted octanol–water partition coefficient (Wildman–Crippen LogP) is 4.23. The number of aromatic nitrogens is 3. The van der Waals surface area contributed by atoms with E-state index in [4.69, 9.17) is 17.3 Å². The maximum Gasteiger partial charge on any atom is 0.255 e. The van der Waals surface area contributed by atoms with Gasteiger partial charge in [-0.25, -0.2) is 14.4 Å². The van der Waals surface area contributed by atoms with E-state index in [0.717, 1.165) is 18.4 Å². The third-order valence-electron chi connectivity index (χ3n) is 5.46. The third-order valence-corrected chi connectivity index (χ3v) is 5.78. The molecule has 1 amide bonds. The summed E-state index contributed by atoms with van der Waals surface area (Å²) < 4.78 is 15.1. The minimum atomic E-state index is -0.293. The Hall–Kier alpha value is -3.19. The van der Waals surface area contributed by atoms with E-state index in [1.54, 1.807) is 46.1 Å². The molecule has 0 aliphatic carbocycles. The Kier molecular flexibility index (Phi) is 4.13. The zero-order valence-corrected chi connectivity index (χ0v) is 16.1. The summed E-state index contributed by atoms with van der Waals surface area (Å²) >= 11 is 6.47. The molecule has 29 heavy (non-hydrogen) atoms. The quantitative estimate of drug-likeness (QED) is 0.537. The Morgan fingerprint density at radius 2 is 2.00 bits per heavy atom. The highest BCUT2D eigenvalue weighted by molar-refractivity contribution is 6.34. The van der Waals surface area contributed by atoms with Crippen LogP contribution in [0, 0.1) is 5.82 Å². The van der Waals surface area contributed by atoms with Crippen LogP contribution >= 0.6 is 11.6 Å². The maximum atomic E-state index is 13.4. The minimum Gasteiger partial charge on any atom is -0.382 e. The van der Waals surface area contributed by atoms with Gasteiger partial charge in [0.05, 0.1) is 40.2 Å². The van der Waals surface area contributed by atoms with Gasteiger partial charge in [0, 0.05) is 6.54 Å². The summed E-state index contributed by atoms with van der Waals surface area (Å²) in [7, 11) is 0. The number of likely N-dealkylation sites (tertiary alicyclic amines) is 1. The van der Waals surface area contributed by atoms with E-state index in [-0.39, 0.29) is 17.8 Å². The second kappa shape index (κ2) is 6.70. The summed E-state index contributed by atoms with van der Waals surface area (Å²) in [5.74, 6) is -0.104. The molecule has 146 valence electrons. The molecule has 1 fully saturated rings. The largest absolute Gasteiger partial charge is 0.382 e. The van der Waals surface area contributed by atoms with E-state index in [2.05, 4.69) is 9.97 Å². The van der Waals surface area contributed by atoms with Gasteiger partial charge in [0.25, 0.3) is 5.91 Å². The summed E-state index contributed by atoms with van der Waals surface area (Å²) in [6.07, 6.45) is 4.97. The van der Waals surface area contributed by atoms with Gasteiger partial charge in [-0.1, -0.05) is 23.7 Å². The second-order valence-electron chi connectivity index (χ2n) is 7.17. The van der Waals surface area contributed by atoms with Crippen LogP contribution in [-0.4, -0.2) is 31.7 Å². The lowest BCUT2D eigenvalue weighted by Gasteiger charge is -2.26. The topological polar surface area (TPSA) is 76.5 Å². The van der Waals surface area contributed by atoms with Gasteiger partial charge in [-0.3, -0.25) is 9.20 Å². The molecule has 6 nitrogen and oxygen atoms in total. The van der Waals surface area contributed by atoms with E-state index < -0.39 is 0 Å². The average molecular weight is 410 g/mol. The molecule has 2 aromatic heterocycles. The Bertz CT molecular complexity index is 1250. The first-order chi connectivity index (χ1) is 14.0. The summed E-state index contributed by atoms with van der Waals surface area (Å²) in [5.41, 5.74) is 9.27. The first-order valence-corrected chi connectivity index (χ1v) is 9.68. The van der Waals surface area contributed by atoms with Crippen molar-refractivity contribution < 1.29 is 9.18 Å². The van der Waals surface area contributed by atoms with Gasteiger partial charge < -0.3 is 10.6 Å². The number of fused-ring (bicyclic) bond motifs is 3. The number of carbonyl (C=O) groups is 1. The van der Waals surface area contributed by atoms with Crippen LogP contribution in [0.3, 0.4) is 0 Å². The Morgan fingerprint density at radius 3 is 2.79 bits per heavy atom. The molecule has 1 unspecified atom stereocenters. The first-order valence-electron chi connectivity index (χ1n) is 9.30. The smallest absolute Gasteiger partial charge is 0.255 e. The van der Waals surface area contributed by atoms with Crippen molar-refractivity contribution in [2.24, 2.45) is 0 Å². The summed E-state index contributed by atoms with van der Waals surface area (Å²) in [4.78, 5) is 23.7. The zero-order valence-electron chi connectivity index (χ0n) is 15.3. The lowest BCUT2D eigenvalue weighted by atomic mass is 10.0. The van der Waals surface area contributed by atoms with Crippen molar-refractivity contribution >= 4 is 39.9 Å². The average Bonchev–Trinajstić information content (AvgIpc) is 3.38. The molecule has 1 atom stereocenters. The molecule has 2 aromatic carbocycles. The second-order valence-corrected chi connectivity index (χ2v) is 7.58. The van der Waals surface area contributed by atoms with Crippen LogP contribution in [0.5, 0.6) is 0 Å². The van der Waals surface area contributed by atoms with E-state index in [1.165, 1.54) is 12.1 Å². The Balaban J connectivity index is 1.59. The van der Waals surface area contributed by atoms with E-state index in [1.807, 2.05) is 0 Å². The number of carbonyl (C=O) groups excluding carboxylic acids is 1. The van der Waals surface area contributed by atoms with E-state index >= 15 is 0 Å². The fraction of sp³-hybridized carbons (Fsp3) is 0.190. The van der Waals surface area contributed by atoms with Crippen molar-refractivity contribution in [2.75, 3.05) is 12.3 Å². The van der Waals surface area contributed by atoms with Crippen molar-refractivity contribution in [1.82, 2.24) is 19.3 Å². The number of hydrogen-bond donors (Lipinski definition) is 1. The van der Waals surface area contributed by atoms with Crippen molar-refractivity contribution in [3.8, 4) is 0 Å². The number of benzene rings is 2. The van der Waals surface area contributed by atoms with E-state index in [9.17, 15) is 9.18 Å². The lowest BCUT2D eigenvalue weighted by molar-refractivity contribution is 0.0736. The number of halogens is 2. The van der Waals surface area contributed by atoms with Gasteiger partial charge in [-0.15, -0.1) is 0 Å². The zero-order chi connectivity index (χ0) is 20.1. The van der Waals surface area contributed by atoms with Gasteiger partial charge in [0.1, 0.15) is 17.2 Å². The van der Waals surface area contributed by atoms with Gasteiger partial charge in [-0.05, 0) is 42.7 Å². The van der Waals surface area contributed by atoms with Crippen LogP contribution in [0.2, 0.25) is 5.02 Å². The van der Waals surface area contributed by atoms with Crippen molar-refractivity contribution in [2.45, 2.75) is 18.9 Å². The van der Waals surface area contributed by atoms with Crippen LogP contribution in [0.1, 0.15) is 34.8 Å². The normalized spacial score (nSPS) is 16.8. The first kappa shape index (κ1) is 17.9. The summed E-state index contributed by atoms with van der Waals surface area (Å²) in [5, 5.41) is 0.318. The fourth-order valence-corrected chi connectivity index (χ4v) is 4.30. The molecule has 0 bridgehead atoms. The molecule has 1 saturated heterocycles. The predicted molar refractivity (Wildman–Crippen MR) is 109 cm³/mol. The van der Waals surface area contributed by atoms with Gasteiger partial charge in [-0.2, -0.15) is 0 Å². The highest BCUT2D eigenvalue weighted by atomic mass is 35.5. The van der Waals surface area contributed by atoms with Gasteiger partial charge in [0.2, 0.25) is 0 Å². The molecule has 1 aliphatic rings. The Morgan fingerprint density at radius 1 is 1.21 bits per heavy atom. The molecule has 0 radical (unpaired) electrons. The molecule has 0 saturated carbocycles. The SMILES string of the molecule is Nc1nc2cc(Cl)c(C(=O)N3CCCC3c3ccc(F)cc3)cc2n2cncc12. The molecule has 0 spiro atoms. The van der Waals surface area contributed by atoms with Crippen LogP contribution in [0.15, 0.2) is 48.9 Å². The number of nitrogen functional groups attached to an aromatic ring is 1.